The molecule has 0 heterocycles. The van der Waals surface area contributed by atoms with E-state index >= 15 is 0 Å². The second-order valence-electron chi connectivity index (χ2n) is 3.58. The van der Waals surface area contributed by atoms with E-state index in [2.05, 4.69) is 14.1 Å². The van der Waals surface area contributed by atoms with Gasteiger partial charge in [-0.3, -0.25) is 5.04 Å². The summed E-state index contributed by atoms with van der Waals surface area (Å²) in [7, 11) is 0. The molecule has 0 aromatic rings. The molecule has 0 amide bonds. The van der Waals surface area contributed by atoms with Crippen LogP contribution in [-0.2, 0) is 18.9 Å². The molecule has 1 fully saturated rings. The van der Waals surface area contributed by atoms with Crippen molar-refractivity contribution in [3.63, 3.8) is 0 Å². The summed E-state index contributed by atoms with van der Waals surface area (Å²) in [5.74, 6) is -1.82. The van der Waals surface area contributed by atoms with Gasteiger partial charge in [0.1, 0.15) is 18.1 Å². The lowest BCUT2D eigenvalue weighted by atomic mass is 9.95. The molecular weight excluding hydrogens is 262 g/mol. The molecule has 2 unspecified atom stereocenters. The Labute approximate surface area is 99.9 Å². The number of halogens is 2. The lowest BCUT2D eigenvalue weighted by Crippen LogP contribution is -2.35. The van der Waals surface area contributed by atoms with E-state index in [9.17, 15) is 23.9 Å². The smallest absolute Gasteiger partial charge is 0.415 e. The van der Waals surface area contributed by atoms with Crippen molar-refractivity contribution in [3.05, 3.63) is 0 Å². The monoisotopic (exact) mass is 273 g/mol. The van der Waals surface area contributed by atoms with Gasteiger partial charge < -0.3 is 15.1 Å². The Morgan fingerprint density at radius 2 is 2.18 bits per heavy atom. The van der Waals surface area contributed by atoms with E-state index in [0.717, 1.165) is 0 Å². The molecule has 9 heteroatoms. The van der Waals surface area contributed by atoms with Gasteiger partial charge in [-0.05, 0) is 19.3 Å². The number of aliphatic hydroxyl groups is 1. The number of hydrogen-bond acceptors (Lipinski definition) is 7. The normalized spacial score (nSPS) is 25.6. The maximum atomic E-state index is 12.9. The van der Waals surface area contributed by atoms with Crippen LogP contribution in [0.25, 0.3) is 0 Å². The van der Waals surface area contributed by atoms with E-state index < -0.39 is 35.5 Å². The van der Waals surface area contributed by atoms with E-state index in [0.29, 0.717) is 19.3 Å². The average Bonchev–Trinajstić information content (AvgIpc) is 2.26. The minimum Gasteiger partial charge on any atom is -0.691 e. The first kappa shape index (κ1) is 14.6. The third-order valence-electron chi connectivity index (χ3n) is 2.28. The maximum Gasteiger partial charge on any atom is 0.415 e. The molecule has 0 aliphatic heterocycles. The SMILES string of the molecule is O=C(OC1CCCC(O)C1)C(F)(F)SOO[O-]. The first-order valence-electron chi connectivity index (χ1n) is 4.87. The van der Waals surface area contributed by atoms with Crippen LogP contribution in [0.5, 0.6) is 0 Å². The number of alkyl halides is 2. The molecule has 0 bridgehead atoms. The van der Waals surface area contributed by atoms with Crippen molar-refractivity contribution in [3.8, 4) is 0 Å². The van der Waals surface area contributed by atoms with E-state index in [4.69, 9.17) is 0 Å². The zero-order valence-corrected chi connectivity index (χ0v) is 9.45. The van der Waals surface area contributed by atoms with E-state index in [1.54, 1.807) is 0 Å². The highest BCUT2D eigenvalue weighted by molar-refractivity contribution is 7.96. The zero-order valence-electron chi connectivity index (χ0n) is 8.64. The van der Waals surface area contributed by atoms with Gasteiger partial charge in [-0.1, -0.05) is 0 Å². The molecule has 17 heavy (non-hydrogen) atoms. The van der Waals surface area contributed by atoms with Gasteiger partial charge in [-0.25, -0.2) is 4.79 Å². The third kappa shape index (κ3) is 4.72. The van der Waals surface area contributed by atoms with Crippen LogP contribution < -0.4 is 5.26 Å². The van der Waals surface area contributed by atoms with Crippen LogP contribution in [0.15, 0.2) is 0 Å². The average molecular weight is 273 g/mol. The Bertz CT molecular complexity index is 264. The third-order valence-corrected chi connectivity index (χ3v) is 2.78. The van der Waals surface area contributed by atoms with Crippen LogP contribution in [0.2, 0.25) is 0 Å². The lowest BCUT2D eigenvalue weighted by Gasteiger charge is -2.26. The predicted octanol–water partition coefficient (Wildman–Crippen LogP) is 0.298. The van der Waals surface area contributed by atoms with E-state index in [1.807, 2.05) is 0 Å². The van der Waals surface area contributed by atoms with Crippen molar-refractivity contribution in [2.45, 2.75) is 43.1 Å². The second-order valence-corrected chi connectivity index (χ2v) is 4.40. The fourth-order valence-electron chi connectivity index (χ4n) is 1.54. The Kier molecular flexibility index (Phi) is 5.53. The molecule has 6 nitrogen and oxygen atoms in total. The highest BCUT2D eigenvalue weighted by Gasteiger charge is 2.45. The fourth-order valence-corrected chi connectivity index (χ4v) is 1.77. The Balaban J connectivity index is 2.41. The fraction of sp³-hybridized carbons (Fsp3) is 0.875. The van der Waals surface area contributed by atoms with Crippen LogP contribution in [0, 0.1) is 0 Å². The van der Waals surface area contributed by atoms with Gasteiger partial charge in [0.25, 0.3) is 0 Å². The van der Waals surface area contributed by atoms with E-state index in [-0.39, 0.29) is 6.42 Å². The highest BCUT2D eigenvalue weighted by atomic mass is 32.2. The molecule has 1 rings (SSSR count). The molecule has 1 saturated carbocycles. The number of carbonyl (C=O) groups excluding carboxylic acids is 1. The molecule has 1 aliphatic rings. The van der Waals surface area contributed by atoms with Crippen molar-refractivity contribution in [2.75, 3.05) is 0 Å². The molecule has 0 aromatic carbocycles. The van der Waals surface area contributed by atoms with Gasteiger partial charge in [-0.2, -0.15) is 13.1 Å². The first-order valence-corrected chi connectivity index (χ1v) is 5.61. The minimum atomic E-state index is -4.02. The molecule has 1 N–H and O–H groups in total. The largest absolute Gasteiger partial charge is 0.691 e. The van der Waals surface area contributed by atoms with Crippen LogP contribution >= 0.6 is 12.0 Å². The molecular formula is C8H11F2O6S-. The summed E-state index contributed by atoms with van der Waals surface area (Å²) in [6.07, 6.45) is 0.313. The number of carbonyl (C=O) groups is 1. The van der Waals surface area contributed by atoms with Crippen molar-refractivity contribution < 1.29 is 38.0 Å². The van der Waals surface area contributed by atoms with Crippen molar-refractivity contribution in [1.82, 2.24) is 0 Å². The highest BCUT2D eigenvalue weighted by Crippen LogP contribution is 2.32. The molecule has 0 spiro atoms. The van der Waals surface area contributed by atoms with Gasteiger partial charge in [0, 0.05) is 6.42 Å². The molecule has 0 saturated heterocycles. The summed E-state index contributed by atoms with van der Waals surface area (Å²) >= 11 is -0.729. The molecule has 100 valence electrons. The Morgan fingerprint density at radius 1 is 1.47 bits per heavy atom. The number of rotatable bonds is 5. The number of aliphatic hydroxyl groups excluding tert-OH is 1. The quantitative estimate of drug-likeness (QED) is 0.333. The molecule has 0 aromatic heterocycles. The van der Waals surface area contributed by atoms with Gasteiger partial charge >= 0.3 is 11.2 Å². The number of esters is 1. The summed E-state index contributed by atoms with van der Waals surface area (Å²) in [4.78, 5) is 11.0. The van der Waals surface area contributed by atoms with Crippen LogP contribution in [0.3, 0.4) is 0 Å². The summed E-state index contributed by atoms with van der Waals surface area (Å²) < 4.78 is 33.8. The standard InChI is InChI=1S/C8H12F2O6S/c9-8(10,17-16-15-13)7(12)14-6-3-1-2-5(11)4-6/h5-6,11,13H,1-4H2/p-1. The summed E-state index contributed by atoms with van der Waals surface area (Å²) in [6.45, 7) is 0. The Morgan fingerprint density at radius 3 is 2.76 bits per heavy atom. The van der Waals surface area contributed by atoms with Gasteiger partial charge in [0.2, 0.25) is 0 Å². The lowest BCUT2D eigenvalue weighted by molar-refractivity contribution is -0.777. The Hall–Kier alpha value is -0.480. The number of hydrogen-bond donors (Lipinski definition) is 1. The predicted molar refractivity (Wildman–Crippen MR) is 49.1 cm³/mol. The van der Waals surface area contributed by atoms with Gasteiger partial charge in [-0.15, -0.1) is 0 Å². The van der Waals surface area contributed by atoms with Crippen LogP contribution in [0.4, 0.5) is 8.78 Å². The summed E-state index contributed by atoms with van der Waals surface area (Å²) in [5.41, 5.74) is 0. The molecule has 0 radical (unpaired) electrons. The van der Waals surface area contributed by atoms with Crippen molar-refractivity contribution in [1.29, 1.82) is 0 Å². The zero-order chi connectivity index (χ0) is 12.9. The first-order chi connectivity index (χ1) is 7.95. The number of ether oxygens (including phenoxy) is 1. The topological polar surface area (TPSA) is 88.1 Å². The summed E-state index contributed by atoms with van der Waals surface area (Å²) in [5, 5.41) is 17.3. The van der Waals surface area contributed by atoms with Crippen LogP contribution in [0.1, 0.15) is 25.7 Å². The summed E-state index contributed by atoms with van der Waals surface area (Å²) in [6, 6.07) is 0. The van der Waals surface area contributed by atoms with Crippen LogP contribution in [-0.4, -0.2) is 28.5 Å². The van der Waals surface area contributed by atoms with Crippen molar-refractivity contribution in [2.24, 2.45) is 0 Å². The molecule has 2 atom stereocenters. The molecule has 1 aliphatic carbocycles. The second kappa shape index (κ2) is 6.45. The van der Waals surface area contributed by atoms with Gasteiger partial charge in [0.05, 0.1) is 6.10 Å². The van der Waals surface area contributed by atoms with Crippen molar-refractivity contribution >= 4 is 18.0 Å². The maximum absolute atomic E-state index is 12.9. The van der Waals surface area contributed by atoms with Gasteiger partial charge in [0.15, 0.2) is 0 Å². The van der Waals surface area contributed by atoms with E-state index in [1.165, 1.54) is 0 Å². The minimum absolute atomic E-state index is 0.130.